The molecule has 0 fully saturated rings. The Labute approximate surface area is 68.4 Å². The maximum atomic E-state index is 5.54. The molecular formula is C7H8BrNO. The molecule has 0 amide bonds. The van der Waals surface area contributed by atoms with Crippen molar-refractivity contribution in [3.8, 4) is 5.75 Å². The molecule has 0 bridgehead atoms. The van der Waals surface area contributed by atoms with Gasteiger partial charge in [0.15, 0.2) is 22.0 Å². The Morgan fingerprint density at radius 3 is 2.70 bits per heavy atom. The van der Waals surface area contributed by atoms with Crippen molar-refractivity contribution < 1.29 is 3.83 Å². The standard InChI is InChI=1S/C7H8BrNO/c1-5-2-3-6(9)7(4-5)10-8/h2-4H,9H2,1H3. The maximum absolute atomic E-state index is 5.54. The van der Waals surface area contributed by atoms with E-state index in [-0.39, 0.29) is 0 Å². The van der Waals surface area contributed by atoms with Crippen molar-refractivity contribution in [1.29, 1.82) is 0 Å². The number of nitrogens with two attached hydrogens (primary N) is 1. The fourth-order valence-electron chi connectivity index (χ4n) is 0.708. The summed E-state index contributed by atoms with van der Waals surface area (Å²) >= 11 is 2.86. The largest absolute Gasteiger partial charge is 0.416 e. The van der Waals surface area contributed by atoms with E-state index in [1.165, 1.54) is 0 Å². The molecule has 10 heavy (non-hydrogen) atoms. The zero-order valence-corrected chi connectivity index (χ0v) is 7.18. The molecule has 1 rings (SSSR count). The lowest BCUT2D eigenvalue weighted by atomic mass is 10.2. The number of anilines is 1. The molecular weight excluding hydrogens is 194 g/mol. The topological polar surface area (TPSA) is 35.2 Å². The Kier molecular flexibility index (Phi) is 2.17. The normalized spacial score (nSPS) is 9.40. The number of nitrogen functional groups attached to an aromatic ring is 1. The summed E-state index contributed by atoms with van der Waals surface area (Å²) in [5.74, 6) is 0.667. The fraction of sp³-hybridized carbons (Fsp3) is 0.143. The number of aryl methyl sites for hydroxylation is 1. The molecule has 0 atom stereocenters. The summed E-state index contributed by atoms with van der Waals surface area (Å²) in [6, 6.07) is 5.61. The van der Waals surface area contributed by atoms with Crippen LogP contribution in [0.5, 0.6) is 5.75 Å². The lowest BCUT2D eigenvalue weighted by Crippen LogP contribution is -1.88. The van der Waals surface area contributed by atoms with Gasteiger partial charge >= 0.3 is 0 Å². The molecule has 2 N–H and O–H groups in total. The van der Waals surface area contributed by atoms with Gasteiger partial charge in [-0.2, -0.15) is 0 Å². The summed E-state index contributed by atoms with van der Waals surface area (Å²) in [4.78, 5) is 0. The second-order valence-corrected chi connectivity index (χ2v) is 2.44. The summed E-state index contributed by atoms with van der Waals surface area (Å²) in [5, 5.41) is 0. The van der Waals surface area contributed by atoms with E-state index in [9.17, 15) is 0 Å². The van der Waals surface area contributed by atoms with Crippen LogP contribution in [0.2, 0.25) is 0 Å². The van der Waals surface area contributed by atoms with E-state index in [2.05, 4.69) is 16.3 Å². The molecule has 1 aromatic rings. The van der Waals surface area contributed by atoms with Crippen LogP contribution in [-0.4, -0.2) is 0 Å². The van der Waals surface area contributed by atoms with E-state index in [1.54, 1.807) is 0 Å². The quantitative estimate of drug-likeness (QED) is 0.709. The second-order valence-electron chi connectivity index (χ2n) is 2.12. The van der Waals surface area contributed by atoms with Gasteiger partial charge in [-0.1, -0.05) is 6.07 Å². The Morgan fingerprint density at radius 2 is 2.20 bits per heavy atom. The molecule has 0 heterocycles. The van der Waals surface area contributed by atoms with Crippen LogP contribution >= 0.6 is 16.3 Å². The van der Waals surface area contributed by atoms with E-state index in [0.717, 1.165) is 5.56 Å². The molecule has 1 aromatic carbocycles. The molecule has 0 saturated heterocycles. The predicted molar refractivity (Wildman–Crippen MR) is 45.1 cm³/mol. The monoisotopic (exact) mass is 201 g/mol. The minimum Gasteiger partial charge on any atom is -0.416 e. The van der Waals surface area contributed by atoms with Gasteiger partial charge in [0, 0.05) is 0 Å². The van der Waals surface area contributed by atoms with Gasteiger partial charge in [0.1, 0.15) is 0 Å². The van der Waals surface area contributed by atoms with Gasteiger partial charge < -0.3 is 9.56 Å². The molecule has 0 unspecified atom stereocenters. The van der Waals surface area contributed by atoms with Crippen molar-refractivity contribution in [3.63, 3.8) is 0 Å². The SMILES string of the molecule is Cc1ccc(N)c(OBr)c1. The zero-order chi connectivity index (χ0) is 7.56. The van der Waals surface area contributed by atoms with Crippen LogP contribution in [0, 0.1) is 6.92 Å². The van der Waals surface area contributed by atoms with Gasteiger partial charge in [0.05, 0.1) is 5.69 Å². The Hall–Kier alpha value is -0.700. The van der Waals surface area contributed by atoms with E-state index >= 15 is 0 Å². The smallest absolute Gasteiger partial charge is 0.179 e. The highest BCUT2D eigenvalue weighted by atomic mass is 79.9. The lowest BCUT2D eigenvalue weighted by Gasteiger charge is -2.01. The van der Waals surface area contributed by atoms with Crippen molar-refractivity contribution in [2.24, 2.45) is 0 Å². The van der Waals surface area contributed by atoms with Crippen LogP contribution in [0.1, 0.15) is 5.56 Å². The number of halogens is 1. The molecule has 0 spiro atoms. The van der Waals surface area contributed by atoms with E-state index in [4.69, 9.17) is 9.56 Å². The van der Waals surface area contributed by atoms with E-state index in [0.29, 0.717) is 11.4 Å². The molecule has 0 saturated carbocycles. The lowest BCUT2D eigenvalue weighted by molar-refractivity contribution is 0.681. The third-order valence-corrected chi connectivity index (χ3v) is 1.60. The highest BCUT2D eigenvalue weighted by molar-refractivity contribution is 9.06. The maximum Gasteiger partial charge on any atom is 0.179 e. The van der Waals surface area contributed by atoms with Crippen molar-refractivity contribution in [3.05, 3.63) is 23.8 Å². The number of hydrogen-bond donors (Lipinski definition) is 1. The first kappa shape index (κ1) is 7.41. The molecule has 0 radical (unpaired) electrons. The van der Waals surface area contributed by atoms with Gasteiger partial charge in [-0.05, 0) is 24.6 Å². The third-order valence-electron chi connectivity index (χ3n) is 1.25. The second kappa shape index (κ2) is 2.92. The fourth-order valence-corrected chi connectivity index (χ4v) is 0.989. The van der Waals surface area contributed by atoms with Crippen LogP contribution in [0.4, 0.5) is 5.69 Å². The first-order valence-corrected chi connectivity index (χ1v) is 3.53. The van der Waals surface area contributed by atoms with Crippen LogP contribution in [-0.2, 0) is 0 Å². The molecule has 3 heteroatoms. The molecule has 0 aliphatic heterocycles. The Bertz CT molecular complexity index is 237. The van der Waals surface area contributed by atoms with Crippen LogP contribution in [0.15, 0.2) is 18.2 Å². The Morgan fingerprint density at radius 1 is 1.50 bits per heavy atom. The van der Waals surface area contributed by atoms with Gasteiger partial charge in [-0.15, -0.1) is 0 Å². The van der Waals surface area contributed by atoms with Crippen LogP contribution < -0.4 is 9.56 Å². The minimum atomic E-state index is 0.641. The average molecular weight is 202 g/mol. The third kappa shape index (κ3) is 1.42. The average Bonchev–Trinajstić information content (AvgIpc) is 1.94. The Balaban J connectivity index is 3.09. The van der Waals surface area contributed by atoms with Crippen molar-refractivity contribution in [1.82, 2.24) is 0 Å². The van der Waals surface area contributed by atoms with Crippen LogP contribution in [0.3, 0.4) is 0 Å². The van der Waals surface area contributed by atoms with E-state index in [1.807, 2.05) is 25.1 Å². The van der Waals surface area contributed by atoms with Crippen molar-refractivity contribution in [2.75, 3.05) is 5.73 Å². The van der Waals surface area contributed by atoms with Crippen molar-refractivity contribution >= 4 is 21.9 Å². The molecule has 0 aliphatic rings. The highest BCUT2D eigenvalue weighted by Crippen LogP contribution is 2.23. The molecule has 2 nitrogen and oxygen atoms in total. The van der Waals surface area contributed by atoms with Gasteiger partial charge in [-0.3, -0.25) is 0 Å². The van der Waals surface area contributed by atoms with E-state index < -0.39 is 0 Å². The van der Waals surface area contributed by atoms with Gasteiger partial charge in [-0.25, -0.2) is 0 Å². The van der Waals surface area contributed by atoms with Gasteiger partial charge in [0.25, 0.3) is 0 Å². The first-order chi connectivity index (χ1) is 4.74. The van der Waals surface area contributed by atoms with Crippen molar-refractivity contribution in [2.45, 2.75) is 6.92 Å². The summed E-state index contributed by atoms with van der Waals surface area (Å²) in [6.07, 6.45) is 0. The number of benzene rings is 1. The van der Waals surface area contributed by atoms with Gasteiger partial charge in [0.2, 0.25) is 0 Å². The molecule has 0 aliphatic carbocycles. The zero-order valence-electron chi connectivity index (χ0n) is 5.60. The summed E-state index contributed by atoms with van der Waals surface area (Å²) in [7, 11) is 0. The summed E-state index contributed by atoms with van der Waals surface area (Å²) in [6.45, 7) is 1.98. The predicted octanol–water partition coefficient (Wildman–Crippen LogP) is 2.27. The van der Waals surface area contributed by atoms with Crippen LogP contribution in [0.25, 0.3) is 0 Å². The summed E-state index contributed by atoms with van der Waals surface area (Å²) in [5.41, 5.74) is 7.31. The number of hydrogen-bond acceptors (Lipinski definition) is 2. The summed E-state index contributed by atoms with van der Waals surface area (Å²) < 4.78 is 4.81. The first-order valence-electron chi connectivity index (χ1n) is 2.89. The highest BCUT2D eigenvalue weighted by Gasteiger charge is 1.97. The number of rotatable bonds is 1. The molecule has 54 valence electrons. The minimum absolute atomic E-state index is 0.641. The molecule has 0 aromatic heterocycles.